The van der Waals surface area contributed by atoms with Crippen molar-refractivity contribution in [2.24, 2.45) is 23.2 Å². The second-order valence-electron chi connectivity index (χ2n) is 7.70. The molecule has 3 fully saturated rings. The normalized spacial score (nSPS) is 26.9. The molecule has 4 heteroatoms. The van der Waals surface area contributed by atoms with Gasteiger partial charge in [0, 0.05) is 5.56 Å². The molecule has 3 aliphatic carbocycles. The number of fused-ring (bicyclic) bond motifs is 2. The van der Waals surface area contributed by atoms with Crippen LogP contribution in [0.3, 0.4) is 0 Å². The van der Waals surface area contributed by atoms with Crippen LogP contribution in [-0.2, 0) is 0 Å². The summed E-state index contributed by atoms with van der Waals surface area (Å²) >= 11 is 0. The van der Waals surface area contributed by atoms with Gasteiger partial charge in [0.1, 0.15) is 0 Å². The Morgan fingerprint density at radius 2 is 1.74 bits per heavy atom. The number of para-hydroxylation sites is 1. The van der Waals surface area contributed by atoms with Gasteiger partial charge in [-0.2, -0.15) is 0 Å². The summed E-state index contributed by atoms with van der Waals surface area (Å²) in [6.45, 7) is 11.5. The summed E-state index contributed by atoms with van der Waals surface area (Å²) in [7, 11) is 0. The van der Waals surface area contributed by atoms with Crippen LogP contribution in [0.4, 0.5) is 0 Å². The van der Waals surface area contributed by atoms with Crippen molar-refractivity contribution in [3.63, 3.8) is 0 Å². The molecular formula is C19H32O4. The molecule has 132 valence electrons. The average molecular weight is 324 g/mol. The monoisotopic (exact) mass is 324 g/mol. The van der Waals surface area contributed by atoms with Gasteiger partial charge < -0.3 is 4.89 Å². The minimum absolute atomic E-state index is 0.373. The van der Waals surface area contributed by atoms with Crippen LogP contribution in [0.25, 0.3) is 0 Å². The molecular weight excluding hydrogens is 292 g/mol. The first kappa shape index (κ1) is 19.9. The SMILES string of the molecule is CC(C)c1ccccc1OO.CC1CCC2CC1C2(C)C.OO. The Morgan fingerprint density at radius 1 is 1.13 bits per heavy atom. The van der Waals surface area contributed by atoms with E-state index in [0.717, 1.165) is 23.3 Å². The lowest BCUT2D eigenvalue weighted by Crippen LogP contribution is -2.51. The molecule has 0 aliphatic heterocycles. The highest BCUT2D eigenvalue weighted by molar-refractivity contribution is 5.34. The molecule has 1 aromatic rings. The fourth-order valence-electron chi connectivity index (χ4n) is 4.22. The molecule has 3 saturated carbocycles. The minimum atomic E-state index is 0.373. The maximum atomic E-state index is 8.47. The van der Waals surface area contributed by atoms with Crippen LogP contribution in [0, 0.1) is 23.2 Å². The van der Waals surface area contributed by atoms with Crippen LogP contribution < -0.4 is 4.89 Å². The molecule has 0 spiro atoms. The summed E-state index contributed by atoms with van der Waals surface area (Å²) < 4.78 is 0. The van der Waals surface area contributed by atoms with E-state index in [0.29, 0.717) is 17.1 Å². The van der Waals surface area contributed by atoms with Gasteiger partial charge in [-0.3, -0.25) is 10.5 Å². The molecule has 0 heterocycles. The van der Waals surface area contributed by atoms with E-state index in [1.54, 1.807) is 6.07 Å². The highest BCUT2D eigenvalue weighted by Crippen LogP contribution is 2.61. The number of rotatable bonds is 2. The van der Waals surface area contributed by atoms with E-state index >= 15 is 0 Å². The van der Waals surface area contributed by atoms with Crippen LogP contribution in [0.1, 0.15) is 65.4 Å². The third kappa shape index (κ3) is 4.46. The van der Waals surface area contributed by atoms with Crippen LogP contribution in [0.5, 0.6) is 5.75 Å². The highest BCUT2D eigenvalue weighted by atomic mass is 17.1. The fourth-order valence-corrected chi connectivity index (χ4v) is 4.22. The molecule has 4 nitrogen and oxygen atoms in total. The van der Waals surface area contributed by atoms with Gasteiger partial charge in [0.2, 0.25) is 0 Å². The summed E-state index contributed by atoms with van der Waals surface area (Å²) in [6.07, 6.45) is 4.54. The Hall–Kier alpha value is -1.10. The molecule has 1 aromatic carbocycles. The van der Waals surface area contributed by atoms with Gasteiger partial charge in [-0.05, 0) is 48.0 Å². The Bertz CT molecular complexity index is 468. The first-order valence-corrected chi connectivity index (χ1v) is 8.48. The predicted molar refractivity (Wildman–Crippen MR) is 92.8 cm³/mol. The summed E-state index contributed by atoms with van der Waals surface area (Å²) in [5.41, 5.74) is 1.73. The van der Waals surface area contributed by atoms with E-state index in [9.17, 15) is 0 Å². The van der Waals surface area contributed by atoms with Gasteiger partial charge in [0.15, 0.2) is 5.75 Å². The van der Waals surface area contributed by atoms with E-state index in [1.807, 2.05) is 18.2 Å². The first-order chi connectivity index (χ1) is 10.9. The summed E-state index contributed by atoms with van der Waals surface area (Å²) in [5.74, 6) is 4.07. The maximum Gasteiger partial charge on any atom is 0.168 e. The Balaban J connectivity index is 0.000000208. The van der Waals surface area contributed by atoms with E-state index in [1.165, 1.54) is 19.3 Å². The maximum absolute atomic E-state index is 8.47. The third-order valence-corrected chi connectivity index (χ3v) is 5.84. The molecule has 0 amide bonds. The number of hydrogen-bond donors (Lipinski definition) is 3. The fraction of sp³-hybridized carbons (Fsp3) is 0.684. The van der Waals surface area contributed by atoms with Crippen molar-refractivity contribution < 1.29 is 20.7 Å². The van der Waals surface area contributed by atoms with Crippen molar-refractivity contribution in [3.8, 4) is 5.75 Å². The average Bonchev–Trinajstić information content (AvgIpc) is 2.56. The largest absolute Gasteiger partial charge is 0.340 e. The molecule has 3 aliphatic rings. The zero-order chi connectivity index (χ0) is 17.6. The molecule has 4 rings (SSSR count). The van der Waals surface area contributed by atoms with Gasteiger partial charge in [-0.15, -0.1) is 0 Å². The first-order valence-electron chi connectivity index (χ1n) is 8.48. The molecule has 3 atom stereocenters. The molecule has 0 aromatic heterocycles. The third-order valence-electron chi connectivity index (χ3n) is 5.84. The molecule has 23 heavy (non-hydrogen) atoms. The Morgan fingerprint density at radius 3 is 2.09 bits per heavy atom. The summed E-state index contributed by atoms with van der Waals surface area (Å²) in [4.78, 5) is 4.21. The van der Waals surface area contributed by atoms with E-state index in [4.69, 9.17) is 15.8 Å². The molecule has 0 saturated heterocycles. The van der Waals surface area contributed by atoms with Crippen LogP contribution >= 0.6 is 0 Å². The van der Waals surface area contributed by atoms with E-state index in [-0.39, 0.29) is 0 Å². The highest BCUT2D eigenvalue weighted by Gasteiger charge is 2.52. The van der Waals surface area contributed by atoms with Gasteiger partial charge in [0.05, 0.1) is 0 Å². The predicted octanol–water partition coefficient (Wildman–Crippen LogP) is 5.76. The van der Waals surface area contributed by atoms with Crippen molar-refractivity contribution in [1.29, 1.82) is 0 Å². The second-order valence-corrected chi connectivity index (χ2v) is 7.70. The van der Waals surface area contributed by atoms with Gasteiger partial charge >= 0.3 is 0 Å². The molecule has 3 N–H and O–H groups in total. The lowest BCUT2D eigenvalue weighted by Gasteiger charge is -2.59. The van der Waals surface area contributed by atoms with Crippen LogP contribution in [0.2, 0.25) is 0 Å². The van der Waals surface area contributed by atoms with Gasteiger partial charge in [-0.25, -0.2) is 5.26 Å². The second kappa shape index (κ2) is 8.67. The van der Waals surface area contributed by atoms with Gasteiger partial charge in [-0.1, -0.05) is 59.2 Å². The van der Waals surface area contributed by atoms with E-state index < -0.39 is 0 Å². The van der Waals surface area contributed by atoms with Crippen LogP contribution in [-0.4, -0.2) is 15.8 Å². The Kier molecular flexibility index (Phi) is 7.52. The van der Waals surface area contributed by atoms with Crippen molar-refractivity contribution >= 4 is 0 Å². The van der Waals surface area contributed by atoms with Crippen molar-refractivity contribution in [3.05, 3.63) is 29.8 Å². The lowest BCUT2D eigenvalue weighted by atomic mass is 9.46. The van der Waals surface area contributed by atoms with Crippen LogP contribution in [0.15, 0.2) is 24.3 Å². The van der Waals surface area contributed by atoms with E-state index in [2.05, 4.69) is 39.5 Å². The van der Waals surface area contributed by atoms with Crippen molar-refractivity contribution in [2.45, 2.75) is 59.8 Å². The molecule has 3 unspecified atom stereocenters. The lowest BCUT2D eigenvalue weighted by molar-refractivity contribution is -0.176. The number of benzene rings is 1. The summed E-state index contributed by atoms with van der Waals surface area (Å²) in [5, 5.41) is 20.5. The zero-order valence-electron chi connectivity index (χ0n) is 15.0. The smallest absolute Gasteiger partial charge is 0.168 e. The number of hydrogen-bond acceptors (Lipinski definition) is 4. The van der Waals surface area contributed by atoms with Crippen molar-refractivity contribution in [1.82, 2.24) is 0 Å². The Labute approximate surface area is 140 Å². The standard InChI is InChI=1S/C10H18.C9H12O2.H2O2/c1-7-4-5-8-6-9(7)10(8,2)3;1-7(2)8-5-3-4-6-9(8)11-10;1-2/h7-9H,4-6H2,1-3H3;3-7,10H,1-2H3;1-2H. The quantitative estimate of drug-likeness (QED) is 0.478. The topological polar surface area (TPSA) is 69.9 Å². The zero-order valence-corrected chi connectivity index (χ0v) is 15.0. The minimum Gasteiger partial charge on any atom is -0.340 e. The molecule has 0 radical (unpaired) electrons. The van der Waals surface area contributed by atoms with Gasteiger partial charge in [0.25, 0.3) is 0 Å². The summed E-state index contributed by atoms with van der Waals surface area (Å²) in [6, 6.07) is 7.45. The molecule has 2 bridgehead atoms. The van der Waals surface area contributed by atoms with Crippen molar-refractivity contribution in [2.75, 3.05) is 0 Å².